The van der Waals surface area contributed by atoms with Gasteiger partial charge in [-0.05, 0) is 49.4 Å². The fraction of sp³-hybridized carbons (Fsp3) is 0.951. The number of phosphoric ester groups is 2. The third-order valence-electron chi connectivity index (χ3n) is 19.1. The first kappa shape index (κ1) is 99.1. The largest absolute Gasteiger partial charge is 0.472 e. The lowest BCUT2D eigenvalue weighted by molar-refractivity contribution is -0.161. The summed E-state index contributed by atoms with van der Waals surface area (Å²) in [6.45, 7) is 14.2. The molecule has 0 aliphatic carbocycles. The molecule has 19 heteroatoms. The molecule has 0 aromatic heterocycles. The molecule has 0 aliphatic rings. The van der Waals surface area contributed by atoms with Gasteiger partial charge < -0.3 is 33.8 Å². The van der Waals surface area contributed by atoms with Crippen LogP contribution in [-0.2, 0) is 65.4 Å². The first-order valence-electron chi connectivity index (χ1n) is 42.2. The van der Waals surface area contributed by atoms with Crippen molar-refractivity contribution < 1.29 is 80.2 Å². The van der Waals surface area contributed by atoms with Crippen molar-refractivity contribution in [1.29, 1.82) is 0 Å². The molecule has 0 saturated heterocycles. The molecular formula is C82H160O17P2. The lowest BCUT2D eigenvalue weighted by atomic mass is 10.0. The zero-order valence-electron chi connectivity index (χ0n) is 66.5. The summed E-state index contributed by atoms with van der Waals surface area (Å²) < 4.78 is 68.7. The van der Waals surface area contributed by atoms with Crippen LogP contribution in [0.2, 0.25) is 0 Å². The first-order valence-corrected chi connectivity index (χ1v) is 45.2. The SMILES string of the molecule is CC(C)CCCCCCCCCCCCCCCCCCCCC(=O)OC[C@H](COP(=O)(O)OCC(O)COP(=O)(O)OC[C@@H](COC(=O)CCCCCCCCCCC(C)C)OC(=O)CCCCCCCCCCC(C)C)OC(=O)CCCCCCCCCCCCCCCCCC(C)C. The number of esters is 4. The topological polar surface area (TPSA) is 237 Å². The lowest BCUT2D eigenvalue weighted by Gasteiger charge is -2.21. The standard InChI is InChI=1S/C82H160O17P2/c1-72(2)58-50-42-34-26-22-18-14-11-9-10-12-16-20-24-28-38-46-54-62-79(84)92-68-77(98-81(86)64-56-48-40-29-25-21-17-13-15-19-23-27-35-43-51-59-73(3)4)70-96-100(88,89)94-66-76(83)67-95-101(90,91)97-71-78(99-82(87)65-57-49-41-33-31-37-45-53-61-75(7)8)69-93-80(85)63-55-47-39-32-30-36-44-52-60-74(5)6/h72-78,83H,9-71H2,1-8H3,(H,88,89)(H,90,91)/t76?,77-,78-/m1/s1. The Morgan fingerprint density at radius 2 is 0.416 bits per heavy atom. The van der Waals surface area contributed by atoms with Crippen molar-refractivity contribution in [2.75, 3.05) is 39.6 Å². The molecule has 101 heavy (non-hydrogen) atoms. The van der Waals surface area contributed by atoms with Gasteiger partial charge in [-0.15, -0.1) is 0 Å². The molecule has 0 amide bonds. The Morgan fingerprint density at radius 1 is 0.248 bits per heavy atom. The van der Waals surface area contributed by atoms with E-state index in [1.807, 2.05) is 0 Å². The van der Waals surface area contributed by atoms with Crippen molar-refractivity contribution in [3.63, 3.8) is 0 Å². The quantitative estimate of drug-likeness (QED) is 0.0222. The third kappa shape index (κ3) is 76.1. The van der Waals surface area contributed by atoms with E-state index in [-0.39, 0.29) is 25.7 Å². The van der Waals surface area contributed by atoms with Crippen LogP contribution in [0.1, 0.15) is 421 Å². The highest BCUT2D eigenvalue weighted by molar-refractivity contribution is 7.47. The molecule has 0 saturated carbocycles. The van der Waals surface area contributed by atoms with Gasteiger partial charge in [0, 0.05) is 25.7 Å². The molecule has 0 spiro atoms. The van der Waals surface area contributed by atoms with Gasteiger partial charge in [-0.2, -0.15) is 0 Å². The Labute approximate surface area is 619 Å². The number of hydrogen-bond donors (Lipinski definition) is 3. The van der Waals surface area contributed by atoms with E-state index in [1.54, 1.807) is 0 Å². The van der Waals surface area contributed by atoms with Crippen LogP contribution in [0.3, 0.4) is 0 Å². The molecule has 0 rings (SSSR count). The zero-order chi connectivity index (χ0) is 74.6. The van der Waals surface area contributed by atoms with Gasteiger partial charge in [-0.25, -0.2) is 9.13 Å². The maximum Gasteiger partial charge on any atom is 0.472 e. The minimum absolute atomic E-state index is 0.104. The summed E-state index contributed by atoms with van der Waals surface area (Å²) >= 11 is 0. The molecule has 3 unspecified atom stereocenters. The Morgan fingerprint density at radius 3 is 0.614 bits per heavy atom. The number of aliphatic hydroxyl groups is 1. The van der Waals surface area contributed by atoms with Gasteiger partial charge in [-0.1, -0.05) is 370 Å². The molecule has 0 aliphatic heterocycles. The molecule has 0 bridgehead atoms. The summed E-state index contributed by atoms with van der Waals surface area (Å²) in [6, 6.07) is 0. The van der Waals surface area contributed by atoms with Gasteiger partial charge in [-0.3, -0.25) is 37.3 Å². The van der Waals surface area contributed by atoms with Crippen LogP contribution in [0.5, 0.6) is 0 Å². The summed E-state index contributed by atoms with van der Waals surface area (Å²) in [6.07, 6.45) is 58.5. The molecule has 600 valence electrons. The zero-order valence-corrected chi connectivity index (χ0v) is 68.3. The summed E-state index contributed by atoms with van der Waals surface area (Å²) in [4.78, 5) is 73.0. The number of phosphoric acid groups is 2. The summed E-state index contributed by atoms with van der Waals surface area (Å²) in [7, 11) is -9.92. The van der Waals surface area contributed by atoms with Crippen LogP contribution in [0.4, 0.5) is 0 Å². The maximum absolute atomic E-state index is 13.1. The number of aliphatic hydroxyl groups excluding tert-OH is 1. The molecule has 3 N–H and O–H groups in total. The van der Waals surface area contributed by atoms with Gasteiger partial charge >= 0.3 is 39.5 Å². The average molecular weight is 1480 g/mol. The van der Waals surface area contributed by atoms with E-state index in [0.717, 1.165) is 114 Å². The van der Waals surface area contributed by atoms with E-state index >= 15 is 0 Å². The minimum atomic E-state index is -4.96. The highest BCUT2D eigenvalue weighted by Crippen LogP contribution is 2.45. The van der Waals surface area contributed by atoms with Crippen LogP contribution in [0, 0.1) is 23.7 Å². The number of rotatable bonds is 79. The molecule has 0 heterocycles. The van der Waals surface area contributed by atoms with Crippen LogP contribution in [0.15, 0.2) is 0 Å². The predicted molar refractivity (Wildman–Crippen MR) is 414 cm³/mol. The number of hydrogen-bond acceptors (Lipinski definition) is 15. The monoisotopic (exact) mass is 1480 g/mol. The second-order valence-electron chi connectivity index (χ2n) is 31.4. The van der Waals surface area contributed by atoms with Gasteiger partial charge in [0.15, 0.2) is 12.2 Å². The van der Waals surface area contributed by atoms with Crippen molar-refractivity contribution in [2.24, 2.45) is 23.7 Å². The van der Waals surface area contributed by atoms with Crippen molar-refractivity contribution in [1.82, 2.24) is 0 Å². The maximum atomic E-state index is 13.1. The minimum Gasteiger partial charge on any atom is -0.462 e. The van der Waals surface area contributed by atoms with E-state index < -0.39 is 97.5 Å². The first-order chi connectivity index (χ1) is 48.6. The number of unbranched alkanes of at least 4 members (excludes halogenated alkanes) is 45. The molecule has 0 fully saturated rings. The Kier molecular flexibility index (Phi) is 69.6. The normalized spacial score (nSPS) is 14.0. The van der Waals surface area contributed by atoms with Crippen LogP contribution < -0.4 is 0 Å². The highest BCUT2D eigenvalue weighted by Gasteiger charge is 2.30. The Hall–Kier alpha value is -1.94. The van der Waals surface area contributed by atoms with Gasteiger partial charge in [0.25, 0.3) is 0 Å². The molecule has 5 atom stereocenters. The van der Waals surface area contributed by atoms with E-state index in [2.05, 4.69) is 55.4 Å². The fourth-order valence-corrected chi connectivity index (χ4v) is 14.2. The van der Waals surface area contributed by atoms with Crippen molar-refractivity contribution >= 4 is 39.5 Å². The van der Waals surface area contributed by atoms with Gasteiger partial charge in [0.2, 0.25) is 0 Å². The van der Waals surface area contributed by atoms with Gasteiger partial charge in [0.1, 0.15) is 19.3 Å². The average Bonchev–Trinajstić information content (AvgIpc) is 0.919. The lowest BCUT2D eigenvalue weighted by Crippen LogP contribution is -2.30. The Bertz CT molecular complexity index is 1970. The number of carbonyl (C=O) groups excluding carboxylic acids is 4. The second-order valence-corrected chi connectivity index (χ2v) is 34.3. The van der Waals surface area contributed by atoms with Crippen molar-refractivity contribution in [3.8, 4) is 0 Å². The van der Waals surface area contributed by atoms with Crippen LogP contribution in [0.25, 0.3) is 0 Å². The van der Waals surface area contributed by atoms with E-state index in [1.165, 1.54) is 225 Å². The Balaban J connectivity index is 5.21. The van der Waals surface area contributed by atoms with Crippen molar-refractivity contribution in [2.45, 2.75) is 440 Å². The van der Waals surface area contributed by atoms with E-state index in [9.17, 15) is 43.2 Å². The smallest absolute Gasteiger partial charge is 0.462 e. The highest BCUT2D eigenvalue weighted by atomic mass is 31.2. The number of ether oxygens (including phenoxy) is 4. The van der Waals surface area contributed by atoms with E-state index in [0.29, 0.717) is 25.7 Å². The molecule has 0 aromatic carbocycles. The molecule has 0 aromatic rings. The fourth-order valence-electron chi connectivity index (χ4n) is 12.6. The third-order valence-corrected chi connectivity index (χ3v) is 21.0. The molecule has 17 nitrogen and oxygen atoms in total. The van der Waals surface area contributed by atoms with E-state index in [4.69, 9.17) is 37.0 Å². The van der Waals surface area contributed by atoms with Gasteiger partial charge in [0.05, 0.1) is 26.4 Å². The van der Waals surface area contributed by atoms with Crippen LogP contribution in [-0.4, -0.2) is 96.7 Å². The number of carbonyl (C=O) groups is 4. The summed E-state index contributed by atoms with van der Waals surface area (Å²) in [5.41, 5.74) is 0. The summed E-state index contributed by atoms with van der Waals surface area (Å²) in [5.74, 6) is 0.955. The second kappa shape index (κ2) is 71.0. The van der Waals surface area contributed by atoms with Crippen molar-refractivity contribution in [3.05, 3.63) is 0 Å². The van der Waals surface area contributed by atoms with Crippen LogP contribution >= 0.6 is 15.6 Å². The summed E-state index contributed by atoms with van der Waals surface area (Å²) in [5, 5.41) is 10.6. The molecular weight excluding hydrogens is 1320 g/mol. The molecule has 0 radical (unpaired) electrons. The predicted octanol–water partition coefficient (Wildman–Crippen LogP) is 24.4.